The van der Waals surface area contributed by atoms with Crippen molar-refractivity contribution in [1.82, 2.24) is 19.7 Å². The highest BCUT2D eigenvalue weighted by Gasteiger charge is 2.28. The first kappa shape index (κ1) is 19.9. The Kier molecular flexibility index (Phi) is 5.43. The van der Waals surface area contributed by atoms with E-state index in [-0.39, 0.29) is 29.5 Å². The number of hydrogen-bond donors (Lipinski definition) is 1. The fraction of sp³-hybridized carbons (Fsp3) is 0.333. The van der Waals surface area contributed by atoms with E-state index < -0.39 is 17.9 Å². The van der Waals surface area contributed by atoms with Gasteiger partial charge in [-0.05, 0) is 32.4 Å². The number of nitrogens with one attached hydrogen (secondary N) is 1. The van der Waals surface area contributed by atoms with Gasteiger partial charge < -0.3 is 10.2 Å². The molecule has 1 N–H and O–H groups in total. The fourth-order valence-corrected chi connectivity index (χ4v) is 3.42. The van der Waals surface area contributed by atoms with Crippen LogP contribution in [0.25, 0.3) is 11.3 Å². The monoisotopic (exact) mass is 412 g/mol. The van der Waals surface area contributed by atoms with E-state index in [1.807, 2.05) is 13.8 Å². The highest BCUT2D eigenvalue weighted by molar-refractivity contribution is 6.07. The molecule has 3 aromatic rings. The summed E-state index contributed by atoms with van der Waals surface area (Å²) in [6, 6.07) is 6.26. The van der Waals surface area contributed by atoms with Crippen LogP contribution >= 0.6 is 0 Å². The van der Waals surface area contributed by atoms with Crippen LogP contribution in [0, 0.1) is 5.82 Å². The molecule has 0 radical (unpaired) electrons. The minimum Gasteiger partial charge on any atom is -0.352 e. The standard InChI is InChI=1S/C21H22F2N6O/c1-13(2)29-10-14(9-26-29)21(30)27-19-18(16-5-3-4-6-17(16)23)24-12-25-20(19)28-8-7-15(22)11-28/h3-6,9-10,12-13,15H,7-8,11H2,1-2H3,(H,27,30)/t15-/m0/s1. The van der Waals surface area contributed by atoms with Gasteiger partial charge in [-0.15, -0.1) is 0 Å². The van der Waals surface area contributed by atoms with Crippen LogP contribution in [0.3, 0.4) is 0 Å². The maximum atomic E-state index is 14.5. The van der Waals surface area contributed by atoms with Gasteiger partial charge in [0.15, 0.2) is 5.82 Å². The Balaban J connectivity index is 1.76. The van der Waals surface area contributed by atoms with Gasteiger partial charge in [0.2, 0.25) is 0 Å². The third-order valence-electron chi connectivity index (χ3n) is 5.02. The molecule has 1 saturated heterocycles. The van der Waals surface area contributed by atoms with Crippen LogP contribution < -0.4 is 10.2 Å². The summed E-state index contributed by atoms with van der Waals surface area (Å²) in [7, 11) is 0. The van der Waals surface area contributed by atoms with Gasteiger partial charge in [-0.3, -0.25) is 9.48 Å². The molecule has 0 bridgehead atoms. The van der Waals surface area contributed by atoms with Crippen molar-refractivity contribution >= 4 is 17.4 Å². The van der Waals surface area contributed by atoms with Crippen LogP contribution in [-0.4, -0.2) is 44.9 Å². The number of rotatable bonds is 5. The van der Waals surface area contributed by atoms with Crippen molar-refractivity contribution in [1.29, 1.82) is 0 Å². The molecule has 1 aliphatic rings. The molecule has 30 heavy (non-hydrogen) atoms. The van der Waals surface area contributed by atoms with Crippen molar-refractivity contribution in [3.63, 3.8) is 0 Å². The van der Waals surface area contributed by atoms with Gasteiger partial charge in [0.05, 0.1) is 18.3 Å². The zero-order chi connectivity index (χ0) is 21.3. The van der Waals surface area contributed by atoms with E-state index in [9.17, 15) is 13.6 Å². The molecule has 1 amide bonds. The molecule has 2 aromatic heterocycles. The molecule has 0 saturated carbocycles. The number of amides is 1. The lowest BCUT2D eigenvalue weighted by Gasteiger charge is -2.22. The average Bonchev–Trinajstić information content (AvgIpc) is 3.38. The molecule has 0 spiro atoms. The molecule has 4 rings (SSSR count). The highest BCUT2D eigenvalue weighted by Crippen LogP contribution is 2.36. The largest absolute Gasteiger partial charge is 0.352 e. The van der Waals surface area contributed by atoms with Crippen LogP contribution in [0.15, 0.2) is 43.0 Å². The first-order chi connectivity index (χ1) is 14.4. The second kappa shape index (κ2) is 8.17. The molecule has 0 unspecified atom stereocenters. The van der Waals surface area contributed by atoms with E-state index in [1.54, 1.807) is 34.0 Å². The van der Waals surface area contributed by atoms with Crippen LogP contribution in [0.4, 0.5) is 20.3 Å². The molecule has 1 aromatic carbocycles. The van der Waals surface area contributed by atoms with E-state index in [4.69, 9.17) is 0 Å². The number of aromatic nitrogens is 4. The Morgan fingerprint density at radius 3 is 2.73 bits per heavy atom. The summed E-state index contributed by atoms with van der Waals surface area (Å²) in [5, 5.41) is 7.00. The van der Waals surface area contributed by atoms with Crippen LogP contribution in [-0.2, 0) is 0 Å². The number of alkyl halides is 1. The Labute approximate surface area is 172 Å². The molecular formula is C21H22F2N6O. The summed E-state index contributed by atoms with van der Waals surface area (Å²) in [6.45, 7) is 4.51. The number of carbonyl (C=O) groups is 1. The number of benzene rings is 1. The van der Waals surface area contributed by atoms with E-state index >= 15 is 0 Å². The van der Waals surface area contributed by atoms with Crippen LogP contribution in [0.2, 0.25) is 0 Å². The summed E-state index contributed by atoms with van der Waals surface area (Å²) in [4.78, 5) is 23.2. The van der Waals surface area contributed by atoms with Crippen molar-refractivity contribution in [3.05, 3.63) is 54.4 Å². The van der Waals surface area contributed by atoms with E-state index in [0.717, 1.165) is 0 Å². The summed E-state index contributed by atoms with van der Waals surface area (Å²) >= 11 is 0. The third kappa shape index (κ3) is 3.87. The maximum Gasteiger partial charge on any atom is 0.259 e. The van der Waals surface area contributed by atoms with Gasteiger partial charge in [-0.25, -0.2) is 18.7 Å². The highest BCUT2D eigenvalue weighted by atomic mass is 19.1. The number of anilines is 2. The maximum absolute atomic E-state index is 14.5. The van der Waals surface area contributed by atoms with Crippen LogP contribution in [0.1, 0.15) is 36.7 Å². The molecule has 1 fully saturated rings. The first-order valence-corrected chi connectivity index (χ1v) is 9.78. The topological polar surface area (TPSA) is 75.9 Å². The SMILES string of the molecule is CC(C)n1cc(C(=O)Nc2c(-c3ccccc3F)ncnc2N2CC[C@H](F)C2)cn1. The molecule has 156 valence electrons. The fourth-order valence-electron chi connectivity index (χ4n) is 3.42. The molecule has 3 heterocycles. The number of nitrogens with zero attached hydrogens (tertiary/aromatic N) is 5. The molecule has 9 heteroatoms. The summed E-state index contributed by atoms with van der Waals surface area (Å²) < 4.78 is 30.0. The van der Waals surface area contributed by atoms with E-state index in [1.165, 1.54) is 18.6 Å². The number of hydrogen-bond acceptors (Lipinski definition) is 5. The number of carbonyl (C=O) groups excluding carboxylic acids is 1. The lowest BCUT2D eigenvalue weighted by atomic mass is 10.1. The number of halogens is 2. The quantitative estimate of drug-likeness (QED) is 0.689. The lowest BCUT2D eigenvalue weighted by Crippen LogP contribution is -2.24. The molecule has 1 aliphatic heterocycles. The van der Waals surface area contributed by atoms with Crippen LogP contribution in [0.5, 0.6) is 0 Å². The minimum atomic E-state index is -0.982. The van der Waals surface area contributed by atoms with Gasteiger partial charge in [0.25, 0.3) is 5.91 Å². The van der Waals surface area contributed by atoms with E-state index in [0.29, 0.717) is 24.3 Å². The average molecular weight is 412 g/mol. The van der Waals surface area contributed by atoms with Crippen molar-refractivity contribution in [2.45, 2.75) is 32.5 Å². The predicted molar refractivity (Wildman–Crippen MR) is 110 cm³/mol. The van der Waals surface area contributed by atoms with Gasteiger partial charge >= 0.3 is 0 Å². The molecule has 1 atom stereocenters. The second-order valence-electron chi connectivity index (χ2n) is 7.49. The summed E-state index contributed by atoms with van der Waals surface area (Å²) in [5.41, 5.74) is 1.07. The second-order valence-corrected chi connectivity index (χ2v) is 7.49. The zero-order valence-corrected chi connectivity index (χ0v) is 16.7. The Hall–Kier alpha value is -3.36. The normalized spacial score (nSPS) is 16.3. The third-order valence-corrected chi connectivity index (χ3v) is 5.02. The summed E-state index contributed by atoms with van der Waals surface area (Å²) in [5.74, 6) is -0.533. The Bertz CT molecular complexity index is 1070. The summed E-state index contributed by atoms with van der Waals surface area (Å²) in [6.07, 6.45) is 3.79. The predicted octanol–water partition coefficient (Wildman–Crippen LogP) is 3.86. The van der Waals surface area contributed by atoms with E-state index in [2.05, 4.69) is 20.4 Å². The Morgan fingerprint density at radius 2 is 2.07 bits per heavy atom. The Morgan fingerprint density at radius 1 is 1.27 bits per heavy atom. The van der Waals surface area contributed by atoms with Crippen molar-refractivity contribution in [2.75, 3.05) is 23.3 Å². The zero-order valence-electron chi connectivity index (χ0n) is 16.7. The van der Waals surface area contributed by atoms with Gasteiger partial charge in [0.1, 0.15) is 29.7 Å². The van der Waals surface area contributed by atoms with Gasteiger partial charge in [-0.1, -0.05) is 12.1 Å². The molecule has 0 aliphatic carbocycles. The minimum absolute atomic E-state index is 0.0993. The van der Waals surface area contributed by atoms with Gasteiger partial charge in [0, 0.05) is 24.3 Å². The molecular weight excluding hydrogens is 390 g/mol. The van der Waals surface area contributed by atoms with Crippen molar-refractivity contribution in [3.8, 4) is 11.3 Å². The molecule has 7 nitrogen and oxygen atoms in total. The lowest BCUT2D eigenvalue weighted by molar-refractivity contribution is 0.102. The first-order valence-electron chi connectivity index (χ1n) is 9.78. The van der Waals surface area contributed by atoms with Crippen molar-refractivity contribution < 1.29 is 13.6 Å². The van der Waals surface area contributed by atoms with Crippen molar-refractivity contribution in [2.24, 2.45) is 0 Å². The smallest absolute Gasteiger partial charge is 0.259 e. The van der Waals surface area contributed by atoms with Gasteiger partial charge in [-0.2, -0.15) is 5.10 Å².